The molecule has 0 fully saturated rings. The zero-order valence-electron chi connectivity index (χ0n) is 18.6. The SMILES string of the molecule is CC(C)CC(=O)O[C@@H](COCc1ccccc1)COC(=O)C=C(C(C)C)C(C)C. The van der Waals surface area contributed by atoms with Crippen molar-refractivity contribution in [1.82, 2.24) is 0 Å². The van der Waals surface area contributed by atoms with Gasteiger partial charge in [-0.15, -0.1) is 0 Å². The number of hydrogen-bond acceptors (Lipinski definition) is 5. The maximum Gasteiger partial charge on any atom is 0.330 e. The molecule has 0 heterocycles. The van der Waals surface area contributed by atoms with Crippen molar-refractivity contribution < 1.29 is 23.8 Å². The van der Waals surface area contributed by atoms with Gasteiger partial charge in [0.05, 0.1) is 13.2 Å². The van der Waals surface area contributed by atoms with Gasteiger partial charge in [0.25, 0.3) is 0 Å². The third-order valence-corrected chi connectivity index (χ3v) is 4.32. The van der Waals surface area contributed by atoms with Crippen molar-refractivity contribution in [2.75, 3.05) is 13.2 Å². The van der Waals surface area contributed by atoms with Crippen LogP contribution in [0, 0.1) is 17.8 Å². The Kier molecular flexibility index (Phi) is 11.3. The molecule has 0 saturated heterocycles. The minimum atomic E-state index is -0.635. The number of carbonyl (C=O) groups excluding carboxylic acids is 2. The number of esters is 2. The van der Waals surface area contributed by atoms with Crippen LogP contribution in [-0.4, -0.2) is 31.3 Å². The standard InChI is InChI=1S/C24H36O5/c1-17(2)12-24(26)29-21(15-27-14-20-10-8-7-9-11-20)16-28-23(25)13-22(18(3)4)19(5)6/h7-11,13,17-19,21H,12,14-16H2,1-6H3/t21-/m0/s1. The number of allylic oxidation sites excluding steroid dienone is 1. The summed E-state index contributed by atoms with van der Waals surface area (Å²) in [6.07, 6.45) is 1.23. The van der Waals surface area contributed by atoms with Crippen molar-refractivity contribution in [1.29, 1.82) is 0 Å². The van der Waals surface area contributed by atoms with Crippen molar-refractivity contribution in [3.05, 3.63) is 47.5 Å². The highest BCUT2D eigenvalue weighted by atomic mass is 16.6. The second kappa shape index (κ2) is 13.2. The van der Waals surface area contributed by atoms with E-state index in [1.807, 2.05) is 71.9 Å². The van der Waals surface area contributed by atoms with Gasteiger partial charge in [-0.3, -0.25) is 4.79 Å². The molecule has 5 nitrogen and oxygen atoms in total. The fourth-order valence-electron chi connectivity index (χ4n) is 2.92. The number of carbonyl (C=O) groups is 2. The van der Waals surface area contributed by atoms with Crippen LogP contribution in [0.5, 0.6) is 0 Å². The molecule has 0 aromatic heterocycles. The molecule has 1 rings (SSSR count). The first kappa shape index (κ1) is 24.9. The van der Waals surface area contributed by atoms with E-state index in [1.165, 1.54) is 0 Å². The van der Waals surface area contributed by atoms with Crippen LogP contribution < -0.4 is 0 Å². The molecule has 162 valence electrons. The molecule has 0 radical (unpaired) electrons. The Morgan fingerprint density at radius 1 is 0.931 bits per heavy atom. The van der Waals surface area contributed by atoms with Gasteiger partial charge in [-0.1, -0.05) is 77.4 Å². The fourth-order valence-corrected chi connectivity index (χ4v) is 2.92. The lowest BCUT2D eigenvalue weighted by Gasteiger charge is -2.19. The predicted octanol–water partition coefficient (Wildman–Crippen LogP) is 4.94. The molecule has 0 aliphatic carbocycles. The van der Waals surface area contributed by atoms with Gasteiger partial charge in [0.1, 0.15) is 6.61 Å². The summed E-state index contributed by atoms with van der Waals surface area (Å²) in [7, 11) is 0. The van der Waals surface area contributed by atoms with Crippen molar-refractivity contribution in [2.24, 2.45) is 17.8 Å². The van der Waals surface area contributed by atoms with E-state index in [4.69, 9.17) is 14.2 Å². The molecule has 0 spiro atoms. The average molecular weight is 405 g/mol. The molecule has 0 N–H and O–H groups in total. The highest BCUT2D eigenvalue weighted by Gasteiger charge is 2.19. The van der Waals surface area contributed by atoms with Gasteiger partial charge in [0.2, 0.25) is 0 Å². The minimum Gasteiger partial charge on any atom is -0.458 e. The Morgan fingerprint density at radius 2 is 1.55 bits per heavy atom. The minimum absolute atomic E-state index is 0.0303. The van der Waals surface area contributed by atoms with Crippen molar-refractivity contribution in [2.45, 2.75) is 60.7 Å². The Labute approximate surface area is 175 Å². The lowest BCUT2D eigenvalue weighted by Crippen LogP contribution is -2.30. The largest absolute Gasteiger partial charge is 0.458 e. The van der Waals surface area contributed by atoms with Crippen LogP contribution in [0.25, 0.3) is 0 Å². The van der Waals surface area contributed by atoms with E-state index in [-0.39, 0.29) is 36.9 Å². The van der Waals surface area contributed by atoms with Gasteiger partial charge >= 0.3 is 11.9 Å². The molecule has 5 heteroatoms. The summed E-state index contributed by atoms with van der Waals surface area (Å²) in [5.74, 6) is -0.0216. The molecule has 0 aliphatic rings. The monoisotopic (exact) mass is 404 g/mol. The van der Waals surface area contributed by atoms with Gasteiger partial charge in [-0.25, -0.2) is 4.79 Å². The first-order valence-electron chi connectivity index (χ1n) is 10.4. The number of ether oxygens (including phenoxy) is 3. The summed E-state index contributed by atoms with van der Waals surface area (Å²) in [5, 5.41) is 0. The molecule has 1 aromatic rings. The smallest absolute Gasteiger partial charge is 0.330 e. The van der Waals surface area contributed by atoms with Gasteiger partial charge in [0.15, 0.2) is 6.10 Å². The molecule has 0 aliphatic heterocycles. The molecule has 0 amide bonds. The Morgan fingerprint density at radius 3 is 2.10 bits per heavy atom. The fraction of sp³-hybridized carbons (Fsp3) is 0.583. The lowest BCUT2D eigenvalue weighted by molar-refractivity contribution is -0.161. The number of rotatable bonds is 12. The maximum atomic E-state index is 12.2. The zero-order valence-corrected chi connectivity index (χ0v) is 18.6. The molecule has 0 saturated carbocycles. The highest BCUT2D eigenvalue weighted by molar-refractivity contribution is 5.83. The van der Waals surface area contributed by atoms with E-state index in [1.54, 1.807) is 6.08 Å². The molecule has 0 bridgehead atoms. The summed E-state index contributed by atoms with van der Waals surface area (Å²) in [5.41, 5.74) is 2.06. The summed E-state index contributed by atoms with van der Waals surface area (Å²) in [4.78, 5) is 24.3. The van der Waals surface area contributed by atoms with Gasteiger partial charge in [-0.05, 0) is 23.3 Å². The Hall–Kier alpha value is -2.14. The van der Waals surface area contributed by atoms with Crippen molar-refractivity contribution in [3.8, 4) is 0 Å². The van der Waals surface area contributed by atoms with E-state index in [9.17, 15) is 9.59 Å². The lowest BCUT2D eigenvalue weighted by atomic mass is 9.92. The van der Waals surface area contributed by atoms with Crippen LogP contribution in [0.15, 0.2) is 42.0 Å². The third-order valence-electron chi connectivity index (χ3n) is 4.32. The summed E-state index contributed by atoms with van der Waals surface area (Å²) in [6.45, 7) is 12.6. The van der Waals surface area contributed by atoms with E-state index in [0.29, 0.717) is 13.0 Å². The van der Waals surface area contributed by atoms with Gasteiger partial charge < -0.3 is 14.2 Å². The molecule has 0 unspecified atom stereocenters. The number of benzene rings is 1. The quantitative estimate of drug-likeness (QED) is 0.365. The average Bonchev–Trinajstić information content (AvgIpc) is 2.63. The van der Waals surface area contributed by atoms with Crippen LogP contribution >= 0.6 is 0 Å². The van der Waals surface area contributed by atoms with Crippen molar-refractivity contribution >= 4 is 11.9 Å². The normalized spacial score (nSPS) is 12.2. The van der Waals surface area contributed by atoms with Crippen LogP contribution in [-0.2, 0) is 30.4 Å². The third kappa shape index (κ3) is 10.8. The molecule has 1 atom stereocenters. The first-order chi connectivity index (χ1) is 13.7. The second-order valence-electron chi connectivity index (χ2n) is 8.29. The topological polar surface area (TPSA) is 61.8 Å². The van der Waals surface area contributed by atoms with E-state index in [2.05, 4.69) is 0 Å². The zero-order chi connectivity index (χ0) is 21.8. The van der Waals surface area contributed by atoms with E-state index in [0.717, 1.165) is 11.1 Å². The van der Waals surface area contributed by atoms with Crippen LogP contribution in [0.2, 0.25) is 0 Å². The maximum absolute atomic E-state index is 12.2. The number of hydrogen-bond donors (Lipinski definition) is 0. The second-order valence-corrected chi connectivity index (χ2v) is 8.29. The van der Waals surface area contributed by atoms with E-state index >= 15 is 0 Å². The first-order valence-corrected chi connectivity index (χ1v) is 10.4. The Bertz CT molecular complexity index is 636. The molecular formula is C24H36O5. The molecular weight excluding hydrogens is 368 g/mol. The van der Waals surface area contributed by atoms with Gasteiger partial charge in [0, 0.05) is 12.5 Å². The highest BCUT2D eigenvalue weighted by Crippen LogP contribution is 2.19. The van der Waals surface area contributed by atoms with Crippen molar-refractivity contribution in [3.63, 3.8) is 0 Å². The molecule has 1 aromatic carbocycles. The summed E-state index contributed by atoms with van der Waals surface area (Å²) >= 11 is 0. The summed E-state index contributed by atoms with van der Waals surface area (Å²) < 4.78 is 16.6. The van der Waals surface area contributed by atoms with Gasteiger partial charge in [-0.2, -0.15) is 0 Å². The molecule has 29 heavy (non-hydrogen) atoms. The predicted molar refractivity (Wildman–Crippen MR) is 114 cm³/mol. The van der Waals surface area contributed by atoms with Crippen LogP contribution in [0.1, 0.15) is 53.5 Å². The van der Waals surface area contributed by atoms with E-state index < -0.39 is 12.1 Å². The van der Waals surface area contributed by atoms with Crippen LogP contribution in [0.4, 0.5) is 0 Å². The van der Waals surface area contributed by atoms with Crippen LogP contribution in [0.3, 0.4) is 0 Å². The Balaban J connectivity index is 2.65. The summed E-state index contributed by atoms with van der Waals surface area (Å²) in [6, 6.07) is 9.74.